The Balaban J connectivity index is 1.92. The van der Waals surface area contributed by atoms with Crippen molar-refractivity contribution < 1.29 is 4.79 Å². The van der Waals surface area contributed by atoms with Crippen molar-refractivity contribution in [2.75, 3.05) is 0 Å². The van der Waals surface area contributed by atoms with E-state index in [1.54, 1.807) is 23.9 Å². The van der Waals surface area contributed by atoms with Crippen LogP contribution in [-0.2, 0) is 17.8 Å². The van der Waals surface area contributed by atoms with E-state index in [4.69, 9.17) is 0 Å². The highest BCUT2D eigenvalue weighted by Gasteiger charge is 2.26. The number of aromatic nitrogens is 3. The van der Waals surface area contributed by atoms with Crippen LogP contribution in [-0.4, -0.2) is 26.5 Å². The van der Waals surface area contributed by atoms with Gasteiger partial charge < -0.3 is 9.88 Å². The van der Waals surface area contributed by atoms with Gasteiger partial charge in [-0.2, -0.15) is 0 Å². The van der Waals surface area contributed by atoms with Crippen molar-refractivity contribution >= 4 is 17.2 Å². The summed E-state index contributed by atoms with van der Waals surface area (Å²) in [6, 6.07) is 0.0664. The second-order valence-electron chi connectivity index (χ2n) is 6.61. The van der Waals surface area contributed by atoms with Crippen molar-refractivity contribution in [3.05, 3.63) is 34.8 Å². The summed E-state index contributed by atoms with van der Waals surface area (Å²) in [5, 5.41) is 3.17. The first-order valence-corrected chi connectivity index (χ1v) is 8.38. The monoisotopic (exact) mass is 320 g/mol. The maximum Gasteiger partial charge on any atom is 0.220 e. The summed E-state index contributed by atoms with van der Waals surface area (Å²) in [5.74, 6) is 0.0906. The first kappa shape index (κ1) is 16.7. The van der Waals surface area contributed by atoms with E-state index in [1.165, 1.54) is 4.88 Å². The molecule has 0 spiro atoms. The number of rotatable bonds is 6. The molecule has 0 aliphatic rings. The fourth-order valence-electron chi connectivity index (χ4n) is 2.20. The molecule has 1 atom stereocenters. The Morgan fingerprint density at radius 2 is 2.23 bits per heavy atom. The van der Waals surface area contributed by atoms with Gasteiger partial charge in [-0.25, -0.2) is 9.97 Å². The number of aryl methyl sites for hydroxylation is 2. The van der Waals surface area contributed by atoms with Crippen LogP contribution in [0.5, 0.6) is 0 Å². The second kappa shape index (κ2) is 7.05. The van der Waals surface area contributed by atoms with Gasteiger partial charge in [0.05, 0.1) is 23.6 Å². The highest BCUT2D eigenvalue weighted by atomic mass is 32.1. The van der Waals surface area contributed by atoms with Crippen molar-refractivity contribution in [3.63, 3.8) is 0 Å². The minimum Gasteiger partial charge on any atom is -0.351 e. The molecular weight excluding hydrogens is 296 g/mol. The molecule has 0 fully saturated rings. The van der Waals surface area contributed by atoms with Crippen molar-refractivity contribution in [1.82, 2.24) is 19.9 Å². The van der Waals surface area contributed by atoms with Crippen LogP contribution in [0.2, 0.25) is 0 Å². The average molecular weight is 320 g/mol. The summed E-state index contributed by atoms with van der Waals surface area (Å²) in [4.78, 5) is 21.8. The Hall–Kier alpha value is -1.69. The zero-order valence-electron chi connectivity index (χ0n) is 13.7. The van der Waals surface area contributed by atoms with Crippen LogP contribution in [0, 0.1) is 12.3 Å². The van der Waals surface area contributed by atoms with Crippen LogP contribution in [0.1, 0.15) is 37.8 Å². The Kier molecular flexibility index (Phi) is 5.34. The van der Waals surface area contributed by atoms with E-state index < -0.39 is 0 Å². The third-order valence-corrected chi connectivity index (χ3v) is 4.75. The number of nitrogens with zero attached hydrogens (tertiary/aromatic N) is 3. The van der Waals surface area contributed by atoms with Gasteiger partial charge in [0.15, 0.2) is 0 Å². The van der Waals surface area contributed by atoms with E-state index in [0.717, 1.165) is 18.7 Å². The molecule has 0 unspecified atom stereocenters. The summed E-state index contributed by atoms with van der Waals surface area (Å²) in [7, 11) is 0. The number of imidazole rings is 1. The molecule has 2 aromatic rings. The maximum absolute atomic E-state index is 12.3. The molecule has 5 nitrogen and oxygen atoms in total. The minimum absolute atomic E-state index is 0.0136. The van der Waals surface area contributed by atoms with Crippen molar-refractivity contribution in [2.45, 2.75) is 53.1 Å². The zero-order chi connectivity index (χ0) is 16.2. The summed E-state index contributed by atoms with van der Waals surface area (Å²) < 4.78 is 2.00. The van der Waals surface area contributed by atoms with E-state index in [1.807, 2.05) is 23.2 Å². The van der Waals surface area contributed by atoms with Crippen molar-refractivity contribution in [2.24, 2.45) is 5.41 Å². The van der Waals surface area contributed by atoms with Crippen LogP contribution in [0.3, 0.4) is 0 Å². The molecular formula is C16H24N4OS. The van der Waals surface area contributed by atoms with Gasteiger partial charge >= 0.3 is 0 Å². The lowest BCUT2D eigenvalue weighted by Crippen LogP contribution is -2.46. The molecule has 0 aliphatic heterocycles. The molecule has 0 saturated carbocycles. The number of carbonyl (C=O) groups excluding carboxylic acids is 1. The third kappa shape index (κ3) is 4.66. The molecule has 1 amide bonds. The Morgan fingerprint density at radius 1 is 1.45 bits per heavy atom. The van der Waals surface area contributed by atoms with E-state index >= 15 is 0 Å². The molecule has 120 valence electrons. The van der Waals surface area contributed by atoms with Crippen LogP contribution in [0.15, 0.2) is 24.2 Å². The summed E-state index contributed by atoms with van der Waals surface area (Å²) in [6.07, 6.45) is 6.72. The van der Waals surface area contributed by atoms with E-state index in [0.29, 0.717) is 6.42 Å². The highest BCUT2D eigenvalue weighted by molar-refractivity contribution is 7.09. The number of thiazole rings is 1. The molecule has 1 N–H and O–H groups in total. The summed E-state index contributed by atoms with van der Waals surface area (Å²) in [6.45, 7) is 9.14. The quantitative estimate of drug-likeness (QED) is 0.890. The molecule has 0 aromatic carbocycles. The van der Waals surface area contributed by atoms with Crippen LogP contribution in [0.4, 0.5) is 0 Å². The van der Waals surface area contributed by atoms with Crippen molar-refractivity contribution in [3.8, 4) is 0 Å². The molecule has 0 aliphatic carbocycles. The summed E-state index contributed by atoms with van der Waals surface area (Å²) in [5.41, 5.74) is 2.85. The number of hydrogen-bond donors (Lipinski definition) is 1. The lowest BCUT2D eigenvalue weighted by Gasteiger charge is -2.31. The highest BCUT2D eigenvalue weighted by Crippen LogP contribution is 2.21. The largest absolute Gasteiger partial charge is 0.351 e. The van der Waals surface area contributed by atoms with Gasteiger partial charge in [0, 0.05) is 30.2 Å². The number of carbonyl (C=O) groups is 1. The fraction of sp³-hybridized carbons (Fsp3) is 0.562. The topological polar surface area (TPSA) is 59.8 Å². The van der Waals surface area contributed by atoms with Crippen molar-refractivity contribution in [1.29, 1.82) is 0 Å². The minimum atomic E-state index is -0.0136. The van der Waals surface area contributed by atoms with E-state index in [9.17, 15) is 4.79 Å². The third-order valence-electron chi connectivity index (χ3n) is 3.76. The van der Waals surface area contributed by atoms with E-state index in [-0.39, 0.29) is 17.4 Å². The maximum atomic E-state index is 12.3. The SMILES string of the molecule is Cc1ncsc1CCC(=O)N[C@@H](Cn1ccnc1)C(C)(C)C. The van der Waals surface area contributed by atoms with Crippen LogP contribution < -0.4 is 5.32 Å². The fourth-order valence-corrected chi connectivity index (χ4v) is 2.98. The first-order valence-electron chi connectivity index (χ1n) is 7.50. The summed E-state index contributed by atoms with van der Waals surface area (Å²) >= 11 is 1.62. The zero-order valence-corrected chi connectivity index (χ0v) is 14.5. The van der Waals surface area contributed by atoms with Gasteiger partial charge in [0.25, 0.3) is 0 Å². The van der Waals surface area contributed by atoms with Gasteiger partial charge in [-0.15, -0.1) is 11.3 Å². The molecule has 0 radical (unpaired) electrons. The number of hydrogen-bond acceptors (Lipinski definition) is 4. The Labute approximate surface area is 135 Å². The van der Waals surface area contributed by atoms with Gasteiger partial charge in [0.2, 0.25) is 5.91 Å². The molecule has 2 aromatic heterocycles. The molecule has 2 heterocycles. The standard InChI is InChI=1S/C16H24N4OS/c1-12-13(22-11-18-12)5-6-15(21)19-14(16(2,3)4)9-20-8-7-17-10-20/h7-8,10-11,14H,5-6,9H2,1-4H3,(H,19,21)/t14-/m0/s1. The number of nitrogens with one attached hydrogen (secondary N) is 1. The lowest BCUT2D eigenvalue weighted by atomic mass is 9.86. The Bertz CT molecular complexity index is 598. The first-order chi connectivity index (χ1) is 10.4. The van der Waals surface area contributed by atoms with Gasteiger partial charge in [-0.1, -0.05) is 20.8 Å². The smallest absolute Gasteiger partial charge is 0.220 e. The molecule has 0 saturated heterocycles. The normalized spacial score (nSPS) is 13.1. The predicted octanol–water partition coefficient (Wildman–Crippen LogP) is 2.81. The molecule has 22 heavy (non-hydrogen) atoms. The number of amides is 1. The second-order valence-corrected chi connectivity index (χ2v) is 7.55. The van der Waals surface area contributed by atoms with Gasteiger partial charge in [0.1, 0.15) is 0 Å². The van der Waals surface area contributed by atoms with Gasteiger partial charge in [-0.05, 0) is 18.8 Å². The molecule has 2 rings (SSSR count). The van der Waals surface area contributed by atoms with Crippen LogP contribution >= 0.6 is 11.3 Å². The lowest BCUT2D eigenvalue weighted by molar-refractivity contribution is -0.122. The van der Waals surface area contributed by atoms with Crippen LogP contribution in [0.25, 0.3) is 0 Å². The van der Waals surface area contributed by atoms with E-state index in [2.05, 4.69) is 36.1 Å². The average Bonchev–Trinajstić information content (AvgIpc) is 3.06. The molecule has 6 heteroatoms. The predicted molar refractivity (Wildman–Crippen MR) is 88.8 cm³/mol. The van der Waals surface area contributed by atoms with Gasteiger partial charge in [-0.3, -0.25) is 4.79 Å². The Morgan fingerprint density at radius 3 is 2.77 bits per heavy atom. The molecule has 0 bridgehead atoms.